The van der Waals surface area contributed by atoms with Gasteiger partial charge in [0.05, 0.1) is 5.02 Å². The predicted molar refractivity (Wildman–Crippen MR) is 61.8 cm³/mol. The first-order valence-corrected chi connectivity index (χ1v) is 5.60. The van der Waals surface area contributed by atoms with Crippen LogP contribution in [-0.4, -0.2) is 29.1 Å². The molecular weight excluding hydrogens is 251 g/mol. The lowest BCUT2D eigenvalue weighted by Gasteiger charge is -2.18. The molecule has 1 unspecified atom stereocenters. The third kappa shape index (κ3) is 2.00. The van der Waals surface area contributed by atoms with Crippen molar-refractivity contribution in [3.8, 4) is 0 Å². The molecule has 1 N–H and O–H groups in total. The molecule has 1 atom stereocenters. The van der Waals surface area contributed by atoms with Gasteiger partial charge in [-0.1, -0.05) is 23.2 Å². The number of rotatable bonds is 2. The van der Waals surface area contributed by atoms with Crippen LogP contribution in [0.3, 0.4) is 0 Å². The van der Waals surface area contributed by atoms with Crippen molar-refractivity contribution in [2.24, 2.45) is 5.92 Å². The SMILES string of the molecule is O=C1CC(CO)CN1c1c(Cl)ccnc1Cl. The molecule has 1 aromatic heterocycles. The van der Waals surface area contributed by atoms with Gasteiger partial charge in [-0.15, -0.1) is 0 Å². The van der Waals surface area contributed by atoms with E-state index in [1.165, 1.54) is 11.1 Å². The zero-order valence-electron chi connectivity index (χ0n) is 8.36. The maximum Gasteiger partial charge on any atom is 0.227 e. The van der Waals surface area contributed by atoms with Crippen LogP contribution in [0.15, 0.2) is 12.3 Å². The highest BCUT2D eigenvalue weighted by Crippen LogP contribution is 2.35. The Morgan fingerprint density at radius 3 is 2.88 bits per heavy atom. The Labute approximate surface area is 103 Å². The molecule has 86 valence electrons. The summed E-state index contributed by atoms with van der Waals surface area (Å²) in [6.45, 7) is 0.415. The number of aliphatic hydroxyl groups excluding tert-OH is 1. The zero-order chi connectivity index (χ0) is 11.7. The number of nitrogens with zero attached hydrogens (tertiary/aromatic N) is 2. The van der Waals surface area contributed by atoms with Crippen molar-refractivity contribution in [1.29, 1.82) is 0 Å². The summed E-state index contributed by atoms with van der Waals surface area (Å²) in [5, 5.41) is 9.63. The molecule has 0 aromatic carbocycles. The maximum absolute atomic E-state index is 11.7. The third-order valence-corrected chi connectivity index (χ3v) is 3.15. The number of aliphatic hydroxyl groups is 1. The van der Waals surface area contributed by atoms with E-state index in [1.807, 2.05) is 0 Å². The average molecular weight is 261 g/mol. The molecule has 2 heterocycles. The van der Waals surface area contributed by atoms with Crippen molar-refractivity contribution in [1.82, 2.24) is 4.98 Å². The summed E-state index contributed by atoms with van der Waals surface area (Å²) < 4.78 is 0. The first-order chi connectivity index (χ1) is 7.63. The van der Waals surface area contributed by atoms with Crippen molar-refractivity contribution in [3.63, 3.8) is 0 Å². The normalized spacial score (nSPS) is 20.6. The first-order valence-electron chi connectivity index (χ1n) is 4.84. The summed E-state index contributed by atoms with van der Waals surface area (Å²) in [5.74, 6) is -0.143. The predicted octanol–water partition coefficient (Wildman–Crippen LogP) is 1.73. The van der Waals surface area contributed by atoms with Gasteiger partial charge in [0.2, 0.25) is 5.91 Å². The minimum absolute atomic E-state index is 0.0161. The number of hydrogen-bond donors (Lipinski definition) is 1. The highest BCUT2D eigenvalue weighted by atomic mass is 35.5. The molecule has 4 nitrogen and oxygen atoms in total. The molecule has 1 fully saturated rings. The van der Waals surface area contributed by atoms with Crippen LogP contribution in [0.25, 0.3) is 0 Å². The minimum atomic E-state index is -0.0872. The van der Waals surface area contributed by atoms with Gasteiger partial charge in [0.1, 0.15) is 5.69 Å². The molecule has 1 aliphatic heterocycles. The second kappa shape index (κ2) is 4.57. The Balaban J connectivity index is 2.35. The monoisotopic (exact) mass is 260 g/mol. The topological polar surface area (TPSA) is 53.4 Å². The smallest absolute Gasteiger partial charge is 0.227 e. The Hall–Kier alpha value is -0.840. The lowest BCUT2D eigenvalue weighted by atomic mass is 10.1. The number of aromatic nitrogens is 1. The maximum atomic E-state index is 11.7. The molecule has 6 heteroatoms. The third-order valence-electron chi connectivity index (χ3n) is 2.56. The van der Waals surface area contributed by atoms with Gasteiger partial charge < -0.3 is 10.0 Å². The van der Waals surface area contributed by atoms with Crippen LogP contribution in [-0.2, 0) is 4.79 Å². The summed E-state index contributed by atoms with van der Waals surface area (Å²) in [5.41, 5.74) is 0.437. The molecular formula is C10H10Cl2N2O2. The number of carbonyl (C=O) groups is 1. The fourth-order valence-electron chi connectivity index (χ4n) is 1.77. The molecule has 2 rings (SSSR count). The number of anilines is 1. The number of pyridine rings is 1. The lowest BCUT2D eigenvalue weighted by Crippen LogP contribution is -2.25. The van der Waals surface area contributed by atoms with Crippen LogP contribution in [0.1, 0.15) is 6.42 Å². The van der Waals surface area contributed by atoms with E-state index in [0.29, 0.717) is 23.7 Å². The molecule has 1 saturated heterocycles. The van der Waals surface area contributed by atoms with E-state index in [-0.39, 0.29) is 23.6 Å². The summed E-state index contributed by atoms with van der Waals surface area (Å²) in [6.07, 6.45) is 1.80. The highest BCUT2D eigenvalue weighted by Gasteiger charge is 2.32. The second-order valence-electron chi connectivity index (χ2n) is 3.69. The van der Waals surface area contributed by atoms with Gasteiger partial charge >= 0.3 is 0 Å². The summed E-state index contributed by atoms with van der Waals surface area (Å²) >= 11 is 11.9. The van der Waals surface area contributed by atoms with Crippen LogP contribution in [0.4, 0.5) is 5.69 Å². The summed E-state index contributed by atoms with van der Waals surface area (Å²) in [6, 6.07) is 1.59. The van der Waals surface area contributed by atoms with Crippen molar-refractivity contribution in [2.45, 2.75) is 6.42 Å². The van der Waals surface area contributed by atoms with E-state index in [0.717, 1.165) is 0 Å². The summed E-state index contributed by atoms with van der Waals surface area (Å²) in [7, 11) is 0. The molecule has 1 aromatic rings. The van der Waals surface area contributed by atoms with Crippen molar-refractivity contribution >= 4 is 34.8 Å². The first kappa shape index (κ1) is 11.6. The molecule has 0 saturated carbocycles. The van der Waals surface area contributed by atoms with Crippen LogP contribution in [0, 0.1) is 5.92 Å². The van der Waals surface area contributed by atoms with Gasteiger partial charge in [0.25, 0.3) is 0 Å². The number of hydrogen-bond acceptors (Lipinski definition) is 3. The molecule has 0 radical (unpaired) electrons. The molecule has 0 aliphatic carbocycles. The second-order valence-corrected chi connectivity index (χ2v) is 4.45. The van der Waals surface area contributed by atoms with Gasteiger partial charge in [-0.05, 0) is 6.07 Å². The zero-order valence-corrected chi connectivity index (χ0v) is 9.87. The van der Waals surface area contributed by atoms with E-state index < -0.39 is 0 Å². The Morgan fingerprint density at radius 1 is 1.56 bits per heavy atom. The van der Waals surface area contributed by atoms with E-state index in [4.69, 9.17) is 28.3 Å². The number of halogens is 2. The Kier molecular flexibility index (Phi) is 3.33. The van der Waals surface area contributed by atoms with Crippen LogP contribution < -0.4 is 4.90 Å². The van der Waals surface area contributed by atoms with Crippen LogP contribution in [0.2, 0.25) is 10.2 Å². The standard InChI is InChI=1S/C10H10Cl2N2O2/c11-7-1-2-13-10(12)9(7)14-4-6(5-15)3-8(14)16/h1-2,6,15H,3-5H2. The van der Waals surface area contributed by atoms with Gasteiger partial charge in [-0.2, -0.15) is 0 Å². The largest absolute Gasteiger partial charge is 0.396 e. The van der Waals surface area contributed by atoms with E-state index in [1.54, 1.807) is 6.07 Å². The van der Waals surface area contributed by atoms with Crippen LogP contribution in [0.5, 0.6) is 0 Å². The molecule has 1 amide bonds. The van der Waals surface area contributed by atoms with Crippen molar-refractivity contribution < 1.29 is 9.90 Å². The fraction of sp³-hybridized carbons (Fsp3) is 0.400. The lowest BCUT2D eigenvalue weighted by molar-refractivity contribution is -0.117. The quantitative estimate of drug-likeness (QED) is 0.825. The van der Waals surface area contributed by atoms with Gasteiger partial charge in [0.15, 0.2) is 5.15 Å². The minimum Gasteiger partial charge on any atom is -0.396 e. The average Bonchev–Trinajstić information content (AvgIpc) is 2.60. The fourth-order valence-corrected chi connectivity index (χ4v) is 2.32. The highest BCUT2D eigenvalue weighted by molar-refractivity contribution is 6.39. The molecule has 0 spiro atoms. The molecule has 0 bridgehead atoms. The number of amides is 1. The molecule has 16 heavy (non-hydrogen) atoms. The van der Waals surface area contributed by atoms with Crippen molar-refractivity contribution in [3.05, 3.63) is 22.4 Å². The van der Waals surface area contributed by atoms with E-state index in [9.17, 15) is 4.79 Å². The van der Waals surface area contributed by atoms with E-state index >= 15 is 0 Å². The molecule has 1 aliphatic rings. The summed E-state index contributed by atoms with van der Waals surface area (Å²) in [4.78, 5) is 17.1. The van der Waals surface area contributed by atoms with E-state index in [2.05, 4.69) is 4.98 Å². The Bertz CT molecular complexity index is 405. The van der Waals surface area contributed by atoms with Gasteiger partial charge in [-0.3, -0.25) is 4.79 Å². The van der Waals surface area contributed by atoms with Crippen molar-refractivity contribution in [2.75, 3.05) is 18.1 Å². The van der Waals surface area contributed by atoms with Gasteiger partial charge in [-0.25, -0.2) is 4.98 Å². The van der Waals surface area contributed by atoms with Crippen LogP contribution >= 0.6 is 23.2 Å². The van der Waals surface area contributed by atoms with Gasteiger partial charge in [0, 0.05) is 31.7 Å². The Morgan fingerprint density at radius 2 is 2.31 bits per heavy atom. The number of carbonyl (C=O) groups excluding carboxylic acids is 1.